The number of allylic oxidation sites excluding steroid dienone is 4. The molecule has 10 heteroatoms. The van der Waals surface area contributed by atoms with Gasteiger partial charge in [0.2, 0.25) is 23.1 Å². The quantitative estimate of drug-likeness (QED) is 0.231. The number of para-hydroxylation sites is 4. The lowest BCUT2D eigenvalue weighted by Crippen LogP contribution is -2.45. The van der Waals surface area contributed by atoms with E-state index in [0.29, 0.717) is 22.5 Å². The Morgan fingerprint density at radius 1 is 0.432 bits per heavy atom. The van der Waals surface area contributed by atoms with Gasteiger partial charge in [0, 0.05) is 33.6 Å². The van der Waals surface area contributed by atoms with Gasteiger partial charge in [-0.3, -0.25) is 38.6 Å². The Hall–Kier alpha value is -6.42. The molecule has 2 N–H and O–H groups in total. The Morgan fingerprint density at radius 2 is 0.773 bits per heavy atom. The van der Waals surface area contributed by atoms with Crippen molar-refractivity contribution in [1.29, 1.82) is 0 Å². The van der Waals surface area contributed by atoms with E-state index >= 15 is 0 Å². The molecule has 0 saturated carbocycles. The standard InChI is InChI=1S/C34H18N4O6/c39-29-17-9-1-5-13-21(17)35-25(29)27-31(41)19-11-3-7-15-23(19)37(27)33(43)34(44)38-24-16-8-4-12-20(24)32(42)28(38)26-30(40)18-10-2-6-14-22(18)36-26/h1-16,35-36H/b27-25-,28-26-. The van der Waals surface area contributed by atoms with Crippen LogP contribution in [0.25, 0.3) is 0 Å². The van der Waals surface area contributed by atoms with E-state index in [1.807, 2.05) is 0 Å². The molecule has 8 rings (SSSR count). The average molecular weight is 579 g/mol. The van der Waals surface area contributed by atoms with Gasteiger partial charge >= 0.3 is 11.8 Å². The fourth-order valence-corrected chi connectivity index (χ4v) is 6.05. The van der Waals surface area contributed by atoms with Crippen LogP contribution in [0.2, 0.25) is 0 Å². The van der Waals surface area contributed by atoms with E-state index < -0.39 is 34.9 Å². The zero-order valence-corrected chi connectivity index (χ0v) is 22.6. The van der Waals surface area contributed by atoms with E-state index in [1.165, 1.54) is 24.3 Å². The molecule has 4 heterocycles. The molecule has 0 radical (unpaired) electrons. The molecule has 0 atom stereocenters. The van der Waals surface area contributed by atoms with Gasteiger partial charge in [-0.25, -0.2) is 0 Å². The Morgan fingerprint density at radius 3 is 1.16 bits per heavy atom. The highest BCUT2D eigenvalue weighted by Gasteiger charge is 2.49. The molecule has 0 unspecified atom stereocenters. The molecule has 0 fully saturated rings. The van der Waals surface area contributed by atoms with Gasteiger partial charge in [-0.15, -0.1) is 0 Å². The highest BCUT2D eigenvalue weighted by molar-refractivity contribution is 6.52. The number of Topliss-reactive ketones (excluding diaryl/α,β-unsaturated/α-hetero) is 4. The van der Waals surface area contributed by atoms with Gasteiger partial charge in [0.1, 0.15) is 22.8 Å². The summed E-state index contributed by atoms with van der Waals surface area (Å²) in [5, 5.41) is 5.90. The molecule has 4 aliphatic rings. The van der Waals surface area contributed by atoms with Crippen LogP contribution in [0, 0.1) is 0 Å². The maximum absolute atomic E-state index is 14.3. The predicted molar refractivity (Wildman–Crippen MR) is 159 cm³/mol. The van der Waals surface area contributed by atoms with Crippen molar-refractivity contribution in [3.05, 3.63) is 142 Å². The highest BCUT2D eigenvalue weighted by Crippen LogP contribution is 2.43. The Balaban J connectivity index is 1.29. The van der Waals surface area contributed by atoms with Crippen LogP contribution in [0.4, 0.5) is 22.7 Å². The molecule has 210 valence electrons. The topological polar surface area (TPSA) is 133 Å². The monoisotopic (exact) mass is 578 g/mol. The van der Waals surface area contributed by atoms with Gasteiger partial charge in [-0.1, -0.05) is 48.5 Å². The van der Waals surface area contributed by atoms with Crippen molar-refractivity contribution in [2.45, 2.75) is 0 Å². The van der Waals surface area contributed by atoms with Gasteiger partial charge in [0.15, 0.2) is 0 Å². The first-order valence-electron chi connectivity index (χ1n) is 13.6. The molecule has 0 bridgehead atoms. The number of hydrogen-bond acceptors (Lipinski definition) is 8. The van der Waals surface area contributed by atoms with Crippen molar-refractivity contribution in [1.82, 2.24) is 0 Å². The minimum absolute atomic E-state index is 0.111. The summed E-state index contributed by atoms with van der Waals surface area (Å²) in [5.41, 5.74) is 1.12. The molecule has 0 aromatic heterocycles. The van der Waals surface area contributed by atoms with Crippen LogP contribution in [0.5, 0.6) is 0 Å². The minimum Gasteiger partial charge on any atom is -0.350 e. The molecule has 4 aromatic carbocycles. The van der Waals surface area contributed by atoms with E-state index in [-0.39, 0.29) is 45.3 Å². The summed E-state index contributed by atoms with van der Waals surface area (Å²) < 4.78 is 0. The van der Waals surface area contributed by atoms with Crippen molar-refractivity contribution in [2.75, 3.05) is 20.4 Å². The Labute approximate surface area is 248 Å². The number of fused-ring (bicyclic) bond motifs is 4. The van der Waals surface area contributed by atoms with E-state index in [4.69, 9.17) is 0 Å². The number of amides is 2. The molecule has 0 saturated heterocycles. The molecule has 4 aromatic rings. The SMILES string of the molecule is O=C1/C(=C2\C(=O)c3ccccc3N2C(=O)C(=O)N2/C(=C3\Nc4ccccc4C3=O)C(=O)c3ccccc32)Nc2ccccc21. The largest absolute Gasteiger partial charge is 0.350 e. The zero-order chi connectivity index (χ0) is 30.3. The summed E-state index contributed by atoms with van der Waals surface area (Å²) >= 11 is 0. The number of ketones is 4. The second-order valence-electron chi connectivity index (χ2n) is 10.4. The minimum atomic E-state index is -1.19. The number of carbonyl (C=O) groups excluding carboxylic acids is 6. The van der Waals surface area contributed by atoms with Gasteiger partial charge in [-0.05, 0) is 48.5 Å². The molecule has 4 aliphatic heterocycles. The lowest BCUT2D eigenvalue weighted by Gasteiger charge is -2.24. The van der Waals surface area contributed by atoms with Crippen LogP contribution < -0.4 is 20.4 Å². The van der Waals surface area contributed by atoms with Gasteiger partial charge < -0.3 is 10.6 Å². The van der Waals surface area contributed by atoms with E-state index in [9.17, 15) is 28.8 Å². The van der Waals surface area contributed by atoms with Crippen molar-refractivity contribution in [3.63, 3.8) is 0 Å². The third-order valence-corrected chi connectivity index (χ3v) is 8.04. The maximum atomic E-state index is 14.3. The van der Waals surface area contributed by atoms with E-state index in [2.05, 4.69) is 10.6 Å². The smallest absolute Gasteiger partial charge is 0.322 e. The number of nitrogens with zero attached hydrogens (tertiary/aromatic N) is 2. The number of carbonyl (C=O) groups is 6. The maximum Gasteiger partial charge on any atom is 0.322 e. The van der Waals surface area contributed by atoms with Crippen LogP contribution in [-0.4, -0.2) is 34.9 Å². The summed E-state index contributed by atoms with van der Waals surface area (Å²) in [6, 6.07) is 25.7. The first kappa shape index (κ1) is 25.3. The molecular weight excluding hydrogens is 560 g/mol. The number of rotatable bonds is 0. The first-order chi connectivity index (χ1) is 21.4. The summed E-state index contributed by atoms with van der Waals surface area (Å²) in [6.45, 7) is 0. The number of hydrogen-bond donors (Lipinski definition) is 2. The van der Waals surface area contributed by atoms with Crippen LogP contribution in [-0.2, 0) is 9.59 Å². The van der Waals surface area contributed by atoms with Crippen LogP contribution >= 0.6 is 0 Å². The predicted octanol–water partition coefficient (Wildman–Crippen LogP) is 4.49. The molecule has 10 nitrogen and oxygen atoms in total. The average Bonchev–Trinajstić information content (AvgIpc) is 3.75. The van der Waals surface area contributed by atoms with Crippen LogP contribution in [0.1, 0.15) is 41.4 Å². The van der Waals surface area contributed by atoms with Crippen LogP contribution in [0.3, 0.4) is 0 Å². The van der Waals surface area contributed by atoms with E-state index in [1.54, 1.807) is 72.8 Å². The number of anilines is 4. The Bertz CT molecular complexity index is 2010. The second kappa shape index (κ2) is 9.04. The summed E-state index contributed by atoms with van der Waals surface area (Å²) in [4.78, 5) is 84.9. The first-order valence-corrected chi connectivity index (χ1v) is 13.6. The molecule has 44 heavy (non-hydrogen) atoms. The molecule has 0 spiro atoms. The normalized spacial score (nSPS) is 19.5. The highest BCUT2D eigenvalue weighted by atomic mass is 16.2. The summed E-state index contributed by atoms with van der Waals surface area (Å²) in [7, 11) is 0. The van der Waals surface area contributed by atoms with Crippen LogP contribution in [0.15, 0.2) is 120 Å². The molecule has 2 amide bonds. The van der Waals surface area contributed by atoms with Crippen molar-refractivity contribution < 1.29 is 28.8 Å². The Kier molecular flexibility index (Phi) is 5.20. The van der Waals surface area contributed by atoms with Crippen molar-refractivity contribution in [2.24, 2.45) is 0 Å². The molecule has 0 aliphatic carbocycles. The summed E-state index contributed by atoms with van der Waals surface area (Å²) in [6.07, 6.45) is 0. The number of benzene rings is 4. The fourth-order valence-electron chi connectivity index (χ4n) is 6.05. The van der Waals surface area contributed by atoms with Crippen molar-refractivity contribution in [3.8, 4) is 0 Å². The van der Waals surface area contributed by atoms with E-state index in [0.717, 1.165) is 9.80 Å². The number of nitrogens with one attached hydrogen (secondary N) is 2. The third kappa shape index (κ3) is 3.30. The molecular formula is C34H18N4O6. The summed E-state index contributed by atoms with van der Waals surface area (Å²) in [5.74, 6) is -4.64. The van der Waals surface area contributed by atoms with Gasteiger partial charge in [0.05, 0.1) is 11.4 Å². The second-order valence-corrected chi connectivity index (χ2v) is 10.4. The fraction of sp³-hybridized carbons (Fsp3) is 0. The zero-order valence-electron chi connectivity index (χ0n) is 22.6. The third-order valence-electron chi connectivity index (χ3n) is 8.04. The van der Waals surface area contributed by atoms with Gasteiger partial charge in [0.25, 0.3) is 0 Å². The van der Waals surface area contributed by atoms with Gasteiger partial charge in [-0.2, -0.15) is 0 Å². The lowest BCUT2D eigenvalue weighted by molar-refractivity contribution is -0.135. The van der Waals surface area contributed by atoms with Crippen molar-refractivity contribution >= 4 is 57.7 Å². The lowest BCUT2D eigenvalue weighted by atomic mass is 10.1.